The van der Waals surface area contributed by atoms with Gasteiger partial charge in [-0.05, 0) is 36.8 Å². The third-order valence-corrected chi connectivity index (χ3v) is 3.48. The van der Waals surface area contributed by atoms with Crippen LogP contribution in [0.3, 0.4) is 0 Å². The Labute approximate surface area is 131 Å². The van der Waals surface area contributed by atoms with Gasteiger partial charge in [0.05, 0.1) is 11.7 Å². The average Bonchev–Trinajstić information content (AvgIpc) is 2.92. The Bertz CT molecular complexity index is 680. The first kappa shape index (κ1) is 17.1. The molecule has 1 amide bonds. The molecule has 1 aromatic carbocycles. The van der Waals surface area contributed by atoms with Crippen molar-refractivity contribution in [3.63, 3.8) is 0 Å². The van der Waals surface area contributed by atoms with E-state index in [1.165, 1.54) is 12.1 Å². The fraction of sp³-hybridized carbons (Fsp3) is 0.312. The largest absolute Gasteiger partial charge is 0.416 e. The summed E-state index contributed by atoms with van der Waals surface area (Å²) in [4.78, 5) is 11.9. The van der Waals surface area contributed by atoms with Crippen LogP contribution in [0.4, 0.5) is 13.2 Å². The Balaban J connectivity index is 1.92. The van der Waals surface area contributed by atoms with Crippen LogP contribution in [0.1, 0.15) is 34.1 Å². The van der Waals surface area contributed by atoms with Crippen LogP contribution < -0.4 is 5.32 Å². The number of hydrogen-bond acceptors (Lipinski definition) is 2. The molecule has 4 nitrogen and oxygen atoms in total. The van der Waals surface area contributed by atoms with Crippen molar-refractivity contribution in [2.45, 2.75) is 18.7 Å². The lowest BCUT2D eigenvalue weighted by Gasteiger charge is -2.13. The third kappa shape index (κ3) is 4.35. The maximum atomic E-state index is 12.6. The molecule has 1 heterocycles. The number of aliphatic hydroxyl groups excluding tert-OH is 1. The zero-order chi connectivity index (χ0) is 17.0. The lowest BCUT2D eigenvalue weighted by Crippen LogP contribution is -2.26. The van der Waals surface area contributed by atoms with Gasteiger partial charge in [-0.3, -0.25) is 4.79 Å². The smallest absolute Gasteiger partial charge is 0.387 e. The monoisotopic (exact) mass is 326 g/mol. The van der Waals surface area contributed by atoms with Gasteiger partial charge in [-0.15, -0.1) is 0 Å². The van der Waals surface area contributed by atoms with E-state index in [9.17, 15) is 23.1 Å². The van der Waals surface area contributed by atoms with Gasteiger partial charge < -0.3 is 15.0 Å². The molecule has 0 spiro atoms. The van der Waals surface area contributed by atoms with E-state index in [-0.39, 0.29) is 18.5 Å². The molecule has 124 valence electrons. The summed E-state index contributed by atoms with van der Waals surface area (Å²) in [6.07, 6.45) is -3.18. The van der Waals surface area contributed by atoms with Gasteiger partial charge in [0.25, 0.3) is 5.91 Å². The highest BCUT2D eigenvalue weighted by molar-refractivity contribution is 5.94. The Morgan fingerprint density at radius 3 is 2.65 bits per heavy atom. The molecule has 2 N–H and O–H groups in total. The van der Waals surface area contributed by atoms with E-state index in [1.807, 2.05) is 0 Å². The van der Waals surface area contributed by atoms with Crippen molar-refractivity contribution in [3.05, 3.63) is 59.4 Å². The van der Waals surface area contributed by atoms with E-state index in [4.69, 9.17) is 0 Å². The van der Waals surface area contributed by atoms with Gasteiger partial charge in [0.15, 0.2) is 0 Å². The van der Waals surface area contributed by atoms with E-state index in [1.54, 1.807) is 29.9 Å². The SMILES string of the molecule is Cn1cccc1C(O)CCNC(=O)c1cccc(C(F)(F)F)c1. The number of amides is 1. The first-order chi connectivity index (χ1) is 10.8. The van der Waals surface area contributed by atoms with Crippen LogP contribution >= 0.6 is 0 Å². The minimum Gasteiger partial charge on any atom is -0.387 e. The molecule has 2 rings (SSSR count). The second-order valence-electron chi connectivity index (χ2n) is 5.18. The number of nitrogens with zero attached hydrogens (tertiary/aromatic N) is 1. The fourth-order valence-corrected chi connectivity index (χ4v) is 2.23. The molecule has 0 saturated heterocycles. The van der Waals surface area contributed by atoms with E-state index < -0.39 is 23.8 Å². The third-order valence-electron chi connectivity index (χ3n) is 3.48. The van der Waals surface area contributed by atoms with E-state index in [2.05, 4.69) is 5.32 Å². The summed E-state index contributed by atoms with van der Waals surface area (Å²) in [6, 6.07) is 7.78. The van der Waals surface area contributed by atoms with Crippen molar-refractivity contribution in [3.8, 4) is 0 Å². The number of aromatic nitrogens is 1. The van der Waals surface area contributed by atoms with E-state index in [0.29, 0.717) is 5.69 Å². The Morgan fingerprint density at radius 2 is 2.04 bits per heavy atom. The summed E-state index contributed by atoms with van der Waals surface area (Å²) in [5.74, 6) is -0.602. The second-order valence-corrected chi connectivity index (χ2v) is 5.18. The van der Waals surface area contributed by atoms with Crippen molar-refractivity contribution in [1.82, 2.24) is 9.88 Å². The van der Waals surface area contributed by atoms with Crippen LogP contribution in [0.15, 0.2) is 42.6 Å². The Hall–Kier alpha value is -2.28. The number of halogens is 3. The lowest BCUT2D eigenvalue weighted by atomic mass is 10.1. The van der Waals surface area contributed by atoms with Gasteiger partial charge in [0, 0.05) is 31.0 Å². The molecular formula is C16H17F3N2O2. The maximum Gasteiger partial charge on any atom is 0.416 e. The molecular weight excluding hydrogens is 309 g/mol. The summed E-state index contributed by atoms with van der Waals surface area (Å²) in [5.41, 5.74) is -0.222. The Kier molecular flexibility index (Phi) is 5.10. The van der Waals surface area contributed by atoms with Crippen LogP contribution in [0.25, 0.3) is 0 Å². The summed E-state index contributed by atoms with van der Waals surface area (Å²) >= 11 is 0. The van der Waals surface area contributed by atoms with Crippen molar-refractivity contribution in [2.24, 2.45) is 7.05 Å². The van der Waals surface area contributed by atoms with Crippen LogP contribution in [-0.4, -0.2) is 22.1 Å². The number of carbonyl (C=O) groups is 1. The number of rotatable bonds is 5. The summed E-state index contributed by atoms with van der Waals surface area (Å²) < 4.78 is 39.6. The normalized spacial score (nSPS) is 12.9. The van der Waals surface area contributed by atoms with Gasteiger partial charge in [0.2, 0.25) is 0 Å². The van der Waals surface area contributed by atoms with E-state index >= 15 is 0 Å². The number of carbonyl (C=O) groups excluding carboxylic acids is 1. The van der Waals surface area contributed by atoms with Gasteiger partial charge in [-0.1, -0.05) is 6.07 Å². The number of hydrogen-bond donors (Lipinski definition) is 2. The molecule has 0 fully saturated rings. The molecule has 0 radical (unpaired) electrons. The van der Waals surface area contributed by atoms with Gasteiger partial charge >= 0.3 is 6.18 Å². The van der Waals surface area contributed by atoms with Crippen LogP contribution in [0, 0.1) is 0 Å². The topological polar surface area (TPSA) is 54.3 Å². The molecule has 2 aromatic rings. The van der Waals surface area contributed by atoms with E-state index in [0.717, 1.165) is 12.1 Å². The summed E-state index contributed by atoms with van der Waals surface area (Å²) in [5, 5.41) is 12.5. The van der Waals surface area contributed by atoms with Gasteiger partial charge in [-0.25, -0.2) is 0 Å². The Morgan fingerprint density at radius 1 is 1.30 bits per heavy atom. The van der Waals surface area contributed by atoms with Crippen molar-refractivity contribution in [1.29, 1.82) is 0 Å². The minimum absolute atomic E-state index is 0.0619. The number of aryl methyl sites for hydroxylation is 1. The molecule has 1 unspecified atom stereocenters. The molecule has 0 saturated carbocycles. The van der Waals surface area contributed by atoms with Crippen molar-refractivity contribution < 1.29 is 23.1 Å². The number of aliphatic hydroxyl groups is 1. The van der Waals surface area contributed by atoms with Crippen LogP contribution in [0.2, 0.25) is 0 Å². The zero-order valence-electron chi connectivity index (χ0n) is 12.5. The van der Waals surface area contributed by atoms with Crippen LogP contribution in [-0.2, 0) is 13.2 Å². The molecule has 0 aliphatic carbocycles. The number of benzene rings is 1. The van der Waals surface area contributed by atoms with Crippen molar-refractivity contribution >= 4 is 5.91 Å². The highest BCUT2D eigenvalue weighted by Crippen LogP contribution is 2.29. The molecule has 0 aliphatic rings. The standard InChI is InChI=1S/C16H17F3N2O2/c1-21-9-3-6-13(21)14(22)7-8-20-15(23)11-4-2-5-12(10-11)16(17,18)19/h2-6,9-10,14,22H,7-8H2,1H3,(H,20,23). The molecule has 0 bridgehead atoms. The molecule has 0 aliphatic heterocycles. The minimum atomic E-state index is -4.49. The first-order valence-corrected chi connectivity index (χ1v) is 7.04. The summed E-state index contributed by atoms with van der Waals surface area (Å²) in [6.45, 7) is 0.154. The molecule has 7 heteroatoms. The average molecular weight is 326 g/mol. The number of nitrogens with one attached hydrogen (secondary N) is 1. The molecule has 1 aromatic heterocycles. The number of alkyl halides is 3. The highest BCUT2D eigenvalue weighted by Gasteiger charge is 2.30. The first-order valence-electron chi connectivity index (χ1n) is 7.04. The maximum absolute atomic E-state index is 12.6. The fourth-order valence-electron chi connectivity index (χ4n) is 2.23. The lowest BCUT2D eigenvalue weighted by molar-refractivity contribution is -0.137. The van der Waals surface area contributed by atoms with Crippen LogP contribution in [0.5, 0.6) is 0 Å². The van der Waals surface area contributed by atoms with Crippen molar-refractivity contribution in [2.75, 3.05) is 6.54 Å². The predicted molar refractivity (Wildman–Crippen MR) is 78.8 cm³/mol. The van der Waals surface area contributed by atoms with Gasteiger partial charge in [-0.2, -0.15) is 13.2 Å². The van der Waals surface area contributed by atoms with Gasteiger partial charge in [0.1, 0.15) is 0 Å². The highest BCUT2D eigenvalue weighted by atomic mass is 19.4. The zero-order valence-corrected chi connectivity index (χ0v) is 12.5. The summed E-state index contributed by atoms with van der Waals surface area (Å²) in [7, 11) is 1.79. The molecule has 23 heavy (non-hydrogen) atoms. The quantitative estimate of drug-likeness (QED) is 0.888. The molecule has 1 atom stereocenters. The second kappa shape index (κ2) is 6.87. The predicted octanol–water partition coefficient (Wildman–Crippen LogP) is 2.90.